The molecule has 1 aromatic rings. The van der Waals surface area contributed by atoms with Gasteiger partial charge in [0.05, 0.1) is 12.1 Å². The van der Waals surface area contributed by atoms with Crippen molar-refractivity contribution in [3.63, 3.8) is 0 Å². The maximum absolute atomic E-state index is 10.5. The van der Waals surface area contributed by atoms with E-state index in [1.54, 1.807) is 31.2 Å². The van der Waals surface area contributed by atoms with E-state index in [1.165, 1.54) is 0 Å². The van der Waals surface area contributed by atoms with E-state index in [1.807, 2.05) is 6.07 Å². The first-order valence-electron chi connectivity index (χ1n) is 4.33. The number of hydrogen-bond donors (Lipinski definition) is 3. The first kappa shape index (κ1) is 10.5. The van der Waals surface area contributed by atoms with Gasteiger partial charge in [-0.25, -0.2) is 4.79 Å². The zero-order chi connectivity index (χ0) is 10.6. The lowest BCUT2D eigenvalue weighted by Crippen LogP contribution is -2.33. The summed E-state index contributed by atoms with van der Waals surface area (Å²) >= 11 is 0. The summed E-state index contributed by atoms with van der Waals surface area (Å²) in [5, 5.41) is 20.2. The smallest absolute Gasteiger partial charge is 0.405 e. The van der Waals surface area contributed by atoms with Crippen LogP contribution in [0.15, 0.2) is 30.3 Å². The average Bonchev–Trinajstić information content (AvgIpc) is 2.15. The third kappa shape index (κ3) is 2.74. The minimum absolute atomic E-state index is 0.575. The first-order chi connectivity index (χ1) is 6.61. The summed E-state index contributed by atoms with van der Waals surface area (Å²) < 4.78 is 0. The zero-order valence-corrected chi connectivity index (χ0v) is 7.84. The fourth-order valence-corrected chi connectivity index (χ4v) is 1.28. The van der Waals surface area contributed by atoms with E-state index in [9.17, 15) is 9.90 Å². The molecule has 1 amide bonds. The standard InChI is InChI=1S/C10H13NO3/c1-7(12)9(11-10(13)14)8-5-3-2-4-6-8/h2-7,9,11-12H,1H3,(H,13,14)/t7?,9-/m1/s1. The SMILES string of the molecule is CC(O)[C@@H](NC(=O)O)c1ccccc1. The Kier molecular flexibility index (Phi) is 3.48. The fourth-order valence-electron chi connectivity index (χ4n) is 1.28. The third-order valence-corrected chi connectivity index (χ3v) is 1.92. The van der Waals surface area contributed by atoms with Crippen molar-refractivity contribution in [3.05, 3.63) is 35.9 Å². The van der Waals surface area contributed by atoms with Crippen molar-refractivity contribution in [3.8, 4) is 0 Å². The molecular weight excluding hydrogens is 182 g/mol. The molecule has 0 saturated carbocycles. The number of amides is 1. The van der Waals surface area contributed by atoms with Crippen LogP contribution in [0.4, 0.5) is 4.79 Å². The number of nitrogens with one attached hydrogen (secondary N) is 1. The minimum atomic E-state index is -1.14. The topological polar surface area (TPSA) is 69.6 Å². The van der Waals surface area contributed by atoms with E-state index in [4.69, 9.17) is 5.11 Å². The average molecular weight is 195 g/mol. The van der Waals surface area contributed by atoms with Crippen LogP contribution in [0.5, 0.6) is 0 Å². The fraction of sp³-hybridized carbons (Fsp3) is 0.300. The van der Waals surface area contributed by atoms with Crippen LogP contribution in [0.2, 0.25) is 0 Å². The summed E-state index contributed by atoms with van der Waals surface area (Å²) in [6.07, 6.45) is -1.90. The third-order valence-electron chi connectivity index (χ3n) is 1.92. The Morgan fingerprint density at radius 3 is 2.36 bits per heavy atom. The van der Waals surface area contributed by atoms with E-state index in [2.05, 4.69) is 5.32 Å². The molecule has 0 aliphatic rings. The highest BCUT2D eigenvalue weighted by atomic mass is 16.4. The largest absolute Gasteiger partial charge is 0.465 e. The highest BCUT2D eigenvalue weighted by molar-refractivity contribution is 5.65. The molecule has 0 fully saturated rings. The second-order valence-electron chi connectivity index (χ2n) is 3.08. The van der Waals surface area contributed by atoms with Crippen LogP contribution in [-0.4, -0.2) is 22.4 Å². The molecule has 0 spiro atoms. The number of carboxylic acid groups (broad SMARTS) is 1. The predicted octanol–water partition coefficient (Wildman–Crippen LogP) is 1.38. The summed E-state index contributed by atoms with van der Waals surface area (Å²) in [5.74, 6) is 0. The van der Waals surface area contributed by atoms with Gasteiger partial charge in [0.2, 0.25) is 0 Å². The van der Waals surface area contributed by atoms with E-state index >= 15 is 0 Å². The molecule has 0 aliphatic heterocycles. The maximum Gasteiger partial charge on any atom is 0.405 e. The lowest BCUT2D eigenvalue weighted by Gasteiger charge is -2.19. The molecule has 4 nitrogen and oxygen atoms in total. The van der Waals surface area contributed by atoms with Gasteiger partial charge in [-0.05, 0) is 12.5 Å². The van der Waals surface area contributed by atoms with E-state index < -0.39 is 18.2 Å². The molecule has 0 radical (unpaired) electrons. The van der Waals surface area contributed by atoms with Crippen molar-refractivity contribution >= 4 is 6.09 Å². The molecule has 0 aliphatic carbocycles. The van der Waals surface area contributed by atoms with Crippen molar-refractivity contribution < 1.29 is 15.0 Å². The van der Waals surface area contributed by atoms with Crippen LogP contribution >= 0.6 is 0 Å². The van der Waals surface area contributed by atoms with Gasteiger partial charge in [-0.3, -0.25) is 0 Å². The summed E-state index contributed by atoms with van der Waals surface area (Å²) in [6.45, 7) is 1.55. The van der Waals surface area contributed by atoms with E-state index in [0.29, 0.717) is 0 Å². The predicted molar refractivity (Wildman–Crippen MR) is 52.0 cm³/mol. The van der Waals surface area contributed by atoms with Crippen molar-refractivity contribution in [1.82, 2.24) is 5.32 Å². The molecule has 1 unspecified atom stereocenters. The van der Waals surface area contributed by atoms with Crippen molar-refractivity contribution in [2.24, 2.45) is 0 Å². The lowest BCUT2D eigenvalue weighted by atomic mass is 10.0. The van der Waals surface area contributed by atoms with Gasteiger partial charge in [-0.1, -0.05) is 30.3 Å². The van der Waals surface area contributed by atoms with Crippen molar-refractivity contribution in [1.29, 1.82) is 0 Å². The molecule has 2 atom stereocenters. The second kappa shape index (κ2) is 4.62. The number of hydrogen-bond acceptors (Lipinski definition) is 2. The van der Waals surface area contributed by atoms with Crippen molar-refractivity contribution in [2.75, 3.05) is 0 Å². The van der Waals surface area contributed by atoms with Gasteiger partial charge < -0.3 is 15.5 Å². The molecule has 0 saturated heterocycles. The number of benzene rings is 1. The van der Waals surface area contributed by atoms with Gasteiger partial charge in [-0.2, -0.15) is 0 Å². The quantitative estimate of drug-likeness (QED) is 0.682. The van der Waals surface area contributed by atoms with Crippen LogP contribution in [0, 0.1) is 0 Å². The van der Waals surface area contributed by atoms with E-state index in [0.717, 1.165) is 5.56 Å². The second-order valence-corrected chi connectivity index (χ2v) is 3.08. The highest BCUT2D eigenvalue weighted by Gasteiger charge is 2.18. The van der Waals surface area contributed by atoms with Crippen LogP contribution in [-0.2, 0) is 0 Å². The Morgan fingerprint density at radius 2 is 1.93 bits per heavy atom. The monoisotopic (exact) mass is 195 g/mol. The zero-order valence-electron chi connectivity index (χ0n) is 7.84. The number of rotatable bonds is 3. The Hall–Kier alpha value is -1.55. The van der Waals surface area contributed by atoms with Crippen LogP contribution in [0.25, 0.3) is 0 Å². The molecule has 0 aromatic heterocycles. The number of carbonyl (C=O) groups is 1. The van der Waals surface area contributed by atoms with Gasteiger partial charge in [0, 0.05) is 0 Å². The molecule has 14 heavy (non-hydrogen) atoms. The van der Waals surface area contributed by atoms with Gasteiger partial charge in [-0.15, -0.1) is 0 Å². The Morgan fingerprint density at radius 1 is 1.36 bits per heavy atom. The molecule has 1 aromatic carbocycles. The maximum atomic E-state index is 10.5. The molecular formula is C10H13NO3. The van der Waals surface area contributed by atoms with Crippen LogP contribution in [0.3, 0.4) is 0 Å². The summed E-state index contributed by atoms with van der Waals surface area (Å²) in [5.41, 5.74) is 0.755. The van der Waals surface area contributed by atoms with Crippen LogP contribution < -0.4 is 5.32 Å². The van der Waals surface area contributed by atoms with Gasteiger partial charge in [0.15, 0.2) is 0 Å². The molecule has 0 bridgehead atoms. The highest BCUT2D eigenvalue weighted by Crippen LogP contribution is 2.16. The molecule has 1 rings (SSSR count). The molecule has 4 heteroatoms. The Balaban J connectivity index is 2.83. The van der Waals surface area contributed by atoms with Gasteiger partial charge >= 0.3 is 6.09 Å². The Bertz CT molecular complexity index is 297. The van der Waals surface area contributed by atoms with E-state index in [-0.39, 0.29) is 0 Å². The summed E-state index contributed by atoms with van der Waals surface area (Å²) in [4.78, 5) is 10.5. The number of aliphatic hydroxyl groups excluding tert-OH is 1. The summed E-state index contributed by atoms with van der Waals surface area (Å²) in [6, 6.07) is 8.40. The molecule has 0 heterocycles. The normalized spacial score (nSPS) is 14.4. The van der Waals surface area contributed by atoms with Crippen LogP contribution in [0.1, 0.15) is 18.5 Å². The molecule has 3 N–H and O–H groups in total. The Labute approximate surface area is 82.2 Å². The lowest BCUT2D eigenvalue weighted by molar-refractivity contribution is 0.133. The number of aliphatic hydroxyl groups is 1. The van der Waals surface area contributed by atoms with Gasteiger partial charge in [0.25, 0.3) is 0 Å². The minimum Gasteiger partial charge on any atom is -0.465 e. The molecule has 76 valence electrons. The summed E-state index contributed by atoms with van der Waals surface area (Å²) in [7, 11) is 0. The first-order valence-corrected chi connectivity index (χ1v) is 4.33. The van der Waals surface area contributed by atoms with Gasteiger partial charge in [0.1, 0.15) is 0 Å². The van der Waals surface area contributed by atoms with Crippen molar-refractivity contribution in [2.45, 2.75) is 19.1 Å².